The maximum absolute atomic E-state index is 11.4. The van der Waals surface area contributed by atoms with Crippen molar-refractivity contribution in [3.8, 4) is 0 Å². The Labute approximate surface area is 95.8 Å². The van der Waals surface area contributed by atoms with Crippen molar-refractivity contribution >= 4 is 12.0 Å². The van der Waals surface area contributed by atoms with E-state index in [0.29, 0.717) is 0 Å². The summed E-state index contributed by atoms with van der Waals surface area (Å²) in [5.74, 6) is -0.192. The molecule has 0 aliphatic rings. The standard InChI is InChI=1S/C13H17NO2/c1-10-4-3-5-12(8-10)6-7-13(16)14-11(2)9-15/h3-8,11,15H,9H2,1-2H3,(H,14,16)/t11-/m1/s1. The average molecular weight is 219 g/mol. The molecule has 0 aliphatic heterocycles. The molecule has 2 N–H and O–H groups in total. The van der Waals surface area contributed by atoms with Crippen LogP contribution in [0.25, 0.3) is 6.08 Å². The topological polar surface area (TPSA) is 49.3 Å². The Kier molecular flexibility index (Phi) is 4.73. The molecule has 1 aromatic carbocycles. The first kappa shape index (κ1) is 12.5. The van der Waals surface area contributed by atoms with Crippen LogP contribution in [0.1, 0.15) is 18.1 Å². The van der Waals surface area contributed by atoms with Gasteiger partial charge in [-0.25, -0.2) is 0 Å². The molecule has 16 heavy (non-hydrogen) atoms. The highest BCUT2D eigenvalue weighted by Gasteiger charge is 2.01. The summed E-state index contributed by atoms with van der Waals surface area (Å²) in [6.07, 6.45) is 3.23. The SMILES string of the molecule is Cc1cccc(C=CC(=O)N[C@H](C)CO)c1. The first-order valence-electron chi connectivity index (χ1n) is 5.28. The number of benzene rings is 1. The number of rotatable bonds is 4. The van der Waals surface area contributed by atoms with Crippen LogP contribution in [-0.4, -0.2) is 23.7 Å². The van der Waals surface area contributed by atoms with E-state index in [0.717, 1.165) is 11.1 Å². The van der Waals surface area contributed by atoms with Crippen LogP contribution >= 0.6 is 0 Å². The van der Waals surface area contributed by atoms with E-state index in [1.165, 1.54) is 6.08 Å². The molecule has 0 aromatic heterocycles. The van der Waals surface area contributed by atoms with Gasteiger partial charge in [-0.1, -0.05) is 29.8 Å². The normalized spacial score (nSPS) is 12.7. The van der Waals surface area contributed by atoms with Crippen molar-refractivity contribution < 1.29 is 9.90 Å². The van der Waals surface area contributed by atoms with E-state index in [-0.39, 0.29) is 18.6 Å². The Bertz CT molecular complexity index is 385. The zero-order valence-electron chi connectivity index (χ0n) is 9.60. The Morgan fingerprint density at radius 1 is 1.56 bits per heavy atom. The van der Waals surface area contributed by atoms with Crippen molar-refractivity contribution in [1.82, 2.24) is 5.32 Å². The van der Waals surface area contributed by atoms with Crippen LogP contribution < -0.4 is 5.32 Å². The number of carbonyl (C=O) groups excluding carboxylic acids is 1. The summed E-state index contributed by atoms with van der Waals surface area (Å²) in [7, 11) is 0. The number of aliphatic hydroxyl groups is 1. The molecule has 0 aliphatic carbocycles. The monoisotopic (exact) mass is 219 g/mol. The van der Waals surface area contributed by atoms with Gasteiger partial charge in [0.1, 0.15) is 0 Å². The second-order valence-corrected chi connectivity index (χ2v) is 3.84. The van der Waals surface area contributed by atoms with Crippen LogP contribution in [0.15, 0.2) is 30.3 Å². The number of hydrogen-bond acceptors (Lipinski definition) is 2. The van der Waals surface area contributed by atoms with Crippen molar-refractivity contribution in [2.45, 2.75) is 19.9 Å². The summed E-state index contributed by atoms with van der Waals surface area (Å²) in [5.41, 5.74) is 2.15. The highest BCUT2D eigenvalue weighted by Crippen LogP contribution is 2.05. The lowest BCUT2D eigenvalue weighted by Crippen LogP contribution is -2.33. The Balaban J connectivity index is 2.56. The van der Waals surface area contributed by atoms with Crippen LogP contribution in [-0.2, 0) is 4.79 Å². The summed E-state index contributed by atoms with van der Waals surface area (Å²) in [6, 6.07) is 7.68. The summed E-state index contributed by atoms with van der Waals surface area (Å²) in [5, 5.41) is 11.4. The molecule has 0 bridgehead atoms. The first-order valence-corrected chi connectivity index (χ1v) is 5.28. The molecular weight excluding hydrogens is 202 g/mol. The number of aryl methyl sites for hydroxylation is 1. The predicted molar refractivity (Wildman–Crippen MR) is 64.9 cm³/mol. The molecule has 0 saturated carbocycles. The minimum atomic E-state index is -0.213. The second-order valence-electron chi connectivity index (χ2n) is 3.84. The molecule has 1 aromatic rings. The van der Waals surface area contributed by atoms with Gasteiger partial charge in [-0.15, -0.1) is 0 Å². The van der Waals surface area contributed by atoms with Gasteiger partial charge in [0.05, 0.1) is 6.61 Å². The van der Waals surface area contributed by atoms with Crippen molar-refractivity contribution in [2.75, 3.05) is 6.61 Å². The van der Waals surface area contributed by atoms with E-state index in [1.807, 2.05) is 31.2 Å². The highest BCUT2D eigenvalue weighted by molar-refractivity contribution is 5.91. The van der Waals surface area contributed by atoms with Gasteiger partial charge in [-0.3, -0.25) is 4.79 Å². The molecule has 0 saturated heterocycles. The van der Waals surface area contributed by atoms with Gasteiger partial charge in [-0.2, -0.15) is 0 Å². The summed E-state index contributed by atoms with van der Waals surface area (Å²) in [4.78, 5) is 11.4. The number of aliphatic hydroxyl groups excluding tert-OH is 1. The quantitative estimate of drug-likeness (QED) is 0.754. The lowest BCUT2D eigenvalue weighted by Gasteiger charge is -2.07. The molecule has 0 radical (unpaired) electrons. The Morgan fingerprint density at radius 2 is 2.31 bits per heavy atom. The van der Waals surface area contributed by atoms with Gasteiger partial charge in [0.2, 0.25) is 5.91 Å². The van der Waals surface area contributed by atoms with E-state index >= 15 is 0 Å². The molecule has 0 unspecified atom stereocenters. The molecular formula is C13H17NO2. The number of amides is 1. The third-order valence-corrected chi connectivity index (χ3v) is 2.13. The number of hydrogen-bond donors (Lipinski definition) is 2. The largest absolute Gasteiger partial charge is 0.394 e. The van der Waals surface area contributed by atoms with Gasteiger partial charge in [-0.05, 0) is 25.5 Å². The second kappa shape index (κ2) is 6.08. The molecule has 0 spiro atoms. The van der Waals surface area contributed by atoms with E-state index < -0.39 is 0 Å². The van der Waals surface area contributed by atoms with Gasteiger partial charge in [0.15, 0.2) is 0 Å². The maximum atomic E-state index is 11.4. The molecule has 0 heterocycles. The Morgan fingerprint density at radius 3 is 2.94 bits per heavy atom. The lowest BCUT2D eigenvalue weighted by molar-refractivity contribution is -0.117. The van der Waals surface area contributed by atoms with Gasteiger partial charge in [0.25, 0.3) is 0 Å². The summed E-state index contributed by atoms with van der Waals surface area (Å²) in [6.45, 7) is 3.70. The van der Waals surface area contributed by atoms with Crippen molar-refractivity contribution in [1.29, 1.82) is 0 Å². The summed E-state index contributed by atoms with van der Waals surface area (Å²) >= 11 is 0. The molecule has 1 amide bonds. The third-order valence-electron chi connectivity index (χ3n) is 2.13. The van der Waals surface area contributed by atoms with E-state index in [1.54, 1.807) is 13.0 Å². The number of carbonyl (C=O) groups is 1. The fourth-order valence-corrected chi connectivity index (χ4v) is 1.28. The maximum Gasteiger partial charge on any atom is 0.244 e. The predicted octanol–water partition coefficient (Wildman–Crippen LogP) is 1.51. The smallest absolute Gasteiger partial charge is 0.244 e. The molecule has 1 atom stereocenters. The minimum Gasteiger partial charge on any atom is -0.394 e. The van der Waals surface area contributed by atoms with Crippen LogP contribution in [0.3, 0.4) is 0 Å². The van der Waals surface area contributed by atoms with Gasteiger partial charge in [0, 0.05) is 12.1 Å². The first-order chi connectivity index (χ1) is 7.61. The van der Waals surface area contributed by atoms with Crippen LogP contribution in [0, 0.1) is 6.92 Å². The highest BCUT2D eigenvalue weighted by atomic mass is 16.3. The van der Waals surface area contributed by atoms with Crippen LogP contribution in [0.4, 0.5) is 0 Å². The number of nitrogens with one attached hydrogen (secondary N) is 1. The minimum absolute atomic E-state index is 0.0516. The van der Waals surface area contributed by atoms with Crippen molar-refractivity contribution in [2.24, 2.45) is 0 Å². The molecule has 86 valence electrons. The zero-order chi connectivity index (χ0) is 12.0. The fourth-order valence-electron chi connectivity index (χ4n) is 1.28. The van der Waals surface area contributed by atoms with E-state index in [2.05, 4.69) is 5.32 Å². The fraction of sp³-hybridized carbons (Fsp3) is 0.308. The average Bonchev–Trinajstić information content (AvgIpc) is 2.26. The molecule has 1 rings (SSSR count). The van der Waals surface area contributed by atoms with Gasteiger partial charge < -0.3 is 10.4 Å². The van der Waals surface area contributed by atoms with E-state index in [4.69, 9.17) is 5.11 Å². The third kappa shape index (κ3) is 4.28. The van der Waals surface area contributed by atoms with Crippen molar-refractivity contribution in [3.63, 3.8) is 0 Å². The summed E-state index contributed by atoms with van der Waals surface area (Å²) < 4.78 is 0. The molecule has 3 heteroatoms. The zero-order valence-corrected chi connectivity index (χ0v) is 9.60. The van der Waals surface area contributed by atoms with E-state index in [9.17, 15) is 4.79 Å². The Hall–Kier alpha value is -1.61. The van der Waals surface area contributed by atoms with Gasteiger partial charge >= 0.3 is 0 Å². The molecule has 0 fully saturated rings. The van der Waals surface area contributed by atoms with Crippen LogP contribution in [0.2, 0.25) is 0 Å². The van der Waals surface area contributed by atoms with Crippen LogP contribution in [0.5, 0.6) is 0 Å². The van der Waals surface area contributed by atoms with Crippen molar-refractivity contribution in [3.05, 3.63) is 41.5 Å². The lowest BCUT2D eigenvalue weighted by atomic mass is 10.1. The molecule has 3 nitrogen and oxygen atoms in total.